The first-order valence-corrected chi connectivity index (χ1v) is 14.4. The standard InChI is InChI=1S/C22H24N2O8.C6H8N2O2S/c1-21(31)8-5-4-6-11(25)12(8)16(26)13-9(21)7-10-15(24(2)3)17(27)14(20(23)30)19(29)22(10,32)18(13)28;7-5-1-3-6(4-2-5)11(8,9)10/h4-6,9-10,15,25,27-28,31-32H,7H2,1-3H3,(H2,23,30);1-4H,7H2,(H2,8,9,10)/t9-,10-,15-,21+,22-;/m0./s1. The summed E-state index contributed by atoms with van der Waals surface area (Å²) in [5.41, 5.74) is 5.19. The Kier molecular flexibility index (Phi) is 7.70. The molecular weight excluding hydrogens is 584 g/mol. The van der Waals surface area contributed by atoms with Crippen molar-refractivity contribution in [1.29, 1.82) is 0 Å². The van der Waals surface area contributed by atoms with Gasteiger partial charge in [-0.25, -0.2) is 13.6 Å². The number of primary sulfonamides is 1. The summed E-state index contributed by atoms with van der Waals surface area (Å²) in [4.78, 5) is 39.9. The third kappa shape index (κ3) is 4.84. The van der Waals surface area contributed by atoms with Crippen LogP contribution in [0.3, 0.4) is 0 Å². The Morgan fingerprint density at radius 2 is 1.60 bits per heavy atom. The number of amides is 1. The number of ketones is 2. The molecule has 5 rings (SSSR count). The fourth-order valence-corrected chi connectivity index (χ4v) is 6.68. The minimum atomic E-state index is -3.58. The molecule has 0 bridgehead atoms. The van der Waals surface area contributed by atoms with Crippen LogP contribution >= 0.6 is 0 Å². The van der Waals surface area contributed by atoms with E-state index in [0.29, 0.717) is 5.69 Å². The molecule has 0 unspecified atom stereocenters. The second-order valence-electron chi connectivity index (χ2n) is 11.1. The summed E-state index contributed by atoms with van der Waals surface area (Å²) >= 11 is 0. The molecule has 3 aliphatic rings. The molecule has 0 radical (unpaired) electrons. The van der Waals surface area contributed by atoms with Crippen LogP contribution in [0, 0.1) is 11.8 Å². The Balaban J connectivity index is 0.000000324. The molecule has 0 saturated heterocycles. The highest BCUT2D eigenvalue weighted by Gasteiger charge is 2.65. The predicted octanol–water partition coefficient (Wildman–Crippen LogP) is -0.298. The van der Waals surface area contributed by atoms with Gasteiger partial charge in [-0.3, -0.25) is 19.3 Å². The number of fused-ring (bicyclic) bond motifs is 3. The highest BCUT2D eigenvalue weighted by atomic mass is 32.2. The topological polar surface area (TPSA) is 268 Å². The number of carbonyl (C=O) groups is 3. The number of hydrogen-bond donors (Lipinski definition) is 8. The van der Waals surface area contributed by atoms with Crippen molar-refractivity contribution in [3.63, 3.8) is 0 Å². The number of nitrogen functional groups attached to an aromatic ring is 1. The lowest BCUT2D eigenvalue weighted by atomic mass is 9.55. The highest BCUT2D eigenvalue weighted by Crippen LogP contribution is 2.56. The lowest BCUT2D eigenvalue weighted by Gasteiger charge is -2.52. The van der Waals surface area contributed by atoms with E-state index in [4.69, 9.17) is 16.6 Å². The van der Waals surface area contributed by atoms with Gasteiger partial charge in [-0.05, 0) is 63.3 Å². The van der Waals surface area contributed by atoms with Crippen LogP contribution in [-0.4, -0.2) is 82.1 Å². The maximum Gasteiger partial charge on any atom is 0.255 e. The van der Waals surface area contributed by atoms with Crippen LogP contribution in [0.15, 0.2) is 70.0 Å². The molecule has 230 valence electrons. The Bertz CT molecular complexity index is 1710. The maximum atomic E-state index is 13.3. The molecule has 1 amide bonds. The van der Waals surface area contributed by atoms with Crippen molar-refractivity contribution in [3.8, 4) is 5.75 Å². The molecule has 0 aromatic heterocycles. The van der Waals surface area contributed by atoms with Crippen LogP contribution in [0.5, 0.6) is 5.75 Å². The number of nitrogens with zero attached hydrogens (tertiary/aromatic N) is 1. The van der Waals surface area contributed by atoms with Crippen molar-refractivity contribution >= 4 is 33.2 Å². The number of likely N-dealkylation sites (N-methyl/N-ethyl adjacent to an activating group) is 1. The SMILES string of the molecule is CN(C)[C@@H]1C(O)=C(C(N)=O)C(=O)[C@@]2(O)C(O)=C3C(=O)c4c(O)cccc4[C@@](C)(O)[C@H]3C[C@@H]12.Nc1ccc(S(N)(=O)=O)cc1. The first kappa shape index (κ1) is 31.7. The van der Waals surface area contributed by atoms with Gasteiger partial charge in [0.25, 0.3) is 5.91 Å². The van der Waals surface area contributed by atoms with Crippen LogP contribution in [0.25, 0.3) is 0 Å². The molecule has 0 aliphatic heterocycles. The third-order valence-corrected chi connectivity index (χ3v) is 9.16. The molecular formula is C28H32N4O10S. The molecule has 3 aliphatic carbocycles. The van der Waals surface area contributed by atoms with Crippen molar-refractivity contribution in [3.05, 3.63) is 76.3 Å². The molecule has 14 nitrogen and oxygen atoms in total. The Morgan fingerprint density at radius 3 is 2.12 bits per heavy atom. The van der Waals surface area contributed by atoms with Crippen molar-refractivity contribution in [2.75, 3.05) is 19.8 Å². The lowest BCUT2D eigenvalue weighted by molar-refractivity contribution is -0.151. The molecule has 0 fully saturated rings. The number of phenolic OH excluding ortho intramolecular Hbond substituents is 1. The van der Waals surface area contributed by atoms with Gasteiger partial charge in [0.15, 0.2) is 11.4 Å². The number of nitrogens with two attached hydrogens (primary N) is 3. The van der Waals surface area contributed by atoms with Crippen LogP contribution < -0.4 is 16.6 Å². The van der Waals surface area contributed by atoms with E-state index in [-0.39, 0.29) is 22.4 Å². The van der Waals surface area contributed by atoms with E-state index in [9.17, 15) is 48.3 Å². The second kappa shape index (κ2) is 10.5. The van der Waals surface area contributed by atoms with Crippen LogP contribution in [0.2, 0.25) is 0 Å². The molecule has 0 saturated carbocycles. The molecule has 5 atom stereocenters. The zero-order valence-electron chi connectivity index (χ0n) is 23.3. The Hall–Kier alpha value is -4.28. The van der Waals surface area contributed by atoms with Crippen LogP contribution in [-0.2, 0) is 25.2 Å². The minimum absolute atomic E-state index is 0.0756. The number of aromatic hydroxyl groups is 1. The first-order chi connectivity index (χ1) is 19.8. The number of Topliss-reactive ketones (excluding diaryl/α,β-unsaturated/α-hetero) is 2. The van der Waals surface area contributed by atoms with Crippen molar-refractivity contribution in [2.45, 2.75) is 35.5 Å². The van der Waals surface area contributed by atoms with E-state index in [0.717, 1.165) is 0 Å². The minimum Gasteiger partial charge on any atom is -0.510 e. The van der Waals surface area contributed by atoms with E-state index in [1.54, 1.807) is 0 Å². The number of anilines is 1. The normalized spacial score (nSPS) is 28.5. The molecule has 15 heteroatoms. The fraction of sp³-hybridized carbons (Fsp3) is 0.321. The monoisotopic (exact) mass is 616 g/mol. The fourth-order valence-electron chi connectivity index (χ4n) is 6.17. The number of sulfonamides is 1. The van der Waals surface area contributed by atoms with E-state index < -0.39 is 85.0 Å². The zero-order chi connectivity index (χ0) is 32.4. The Labute approximate surface area is 246 Å². The van der Waals surface area contributed by atoms with Gasteiger partial charge in [-0.15, -0.1) is 0 Å². The first-order valence-electron chi connectivity index (χ1n) is 12.9. The van der Waals surface area contributed by atoms with Crippen molar-refractivity contribution in [2.24, 2.45) is 22.7 Å². The predicted molar refractivity (Wildman–Crippen MR) is 152 cm³/mol. The maximum absolute atomic E-state index is 13.3. The second-order valence-corrected chi connectivity index (χ2v) is 12.6. The van der Waals surface area contributed by atoms with Crippen LogP contribution in [0.4, 0.5) is 5.69 Å². The van der Waals surface area contributed by atoms with Gasteiger partial charge >= 0.3 is 0 Å². The van der Waals surface area contributed by atoms with Gasteiger partial charge in [0.1, 0.15) is 22.8 Å². The van der Waals surface area contributed by atoms with Gasteiger partial charge in [-0.1, -0.05) is 12.1 Å². The largest absolute Gasteiger partial charge is 0.510 e. The number of aliphatic hydroxyl groups is 4. The molecule has 43 heavy (non-hydrogen) atoms. The van der Waals surface area contributed by atoms with Gasteiger partial charge in [0.2, 0.25) is 15.8 Å². The molecule has 0 heterocycles. The van der Waals surface area contributed by atoms with Crippen molar-refractivity contribution < 1.29 is 48.3 Å². The van der Waals surface area contributed by atoms with Gasteiger partial charge in [0.05, 0.1) is 22.1 Å². The number of rotatable bonds is 3. The van der Waals surface area contributed by atoms with E-state index >= 15 is 0 Å². The summed E-state index contributed by atoms with van der Waals surface area (Å²) in [6.07, 6.45) is -0.200. The van der Waals surface area contributed by atoms with E-state index in [1.165, 1.54) is 68.4 Å². The highest BCUT2D eigenvalue weighted by molar-refractivity contribution is 7.89. The van der Waals surface area contributed by atoms with E-state index in [2.05, 4.69) is 0 Å². The van der Waals surface area contributed by atoms with Gasteiger partial charge in [-0.2, -0.15) is 0 Å². The quantitative estimate of drug-likeness (QED) is 0.163. The van der Waals surface area contributed by atoms with Gasteiger partial charge < -0.3 is 37.0 Å². The molecule has 11 N–H and O–H groups in total. The average molecular weight is 617 g/mol. The average Bonchev–Trinajstić information content (AvgIpc) is 2.89. The number of benzene rings is 2. The summed E-state index contributed by atoms with van der Waals surface area (Å²) in [6.45, 7) is 1.40. The summed E-state index contributed by atoms with van der Waals surface area (Å²) in [6, 6.07) is 8.75. The van der Waals surface area contributed by atoms with E-state index in [1.807, 2.05) is 0 Å². The number of carbonyl (C=O) groups excluding carboxylic acids is 3. The lowest BCUT2D eigenvalue weighted by Crippen LogP contribution is -2.65. The number of phenols is 1. The van der Waals surface area contributed by atoms with Crippen LogP contribution in [0.1, 0.15) is 29.3 Å². The third-order valence-electron chi connectivity index (χ3n) is 8.23. The molecule has 2 aromatic rings. The summed E-state index contributed by atoms with van der Waals surface area (Å²) < 4.78 is 21.4. The summed E-state index contributed by atoms with van der Waals surface area (Å²) in [5, 5.41) is 59.9. The zero-order valence-corrected chi connectivity index (χ0v) is 24.2. The number of hydrogen-bond acceptors (Lipinski definition) is 12. The Morgan fingerprint density at radius 1 is 1.02 bits per heavy atom. The van der Waals surface area contributed by atoms with Gasteiger partial charge in [0, 0.05) is 23.1 Å². The molecule has 0 spiro atoms. The summed E-state index contributed by atoms with van der Waals surface area (Å²) in [7, 11) is -0.513. The smallest absolute Gasteiger partial charge is 0.255 e. The number of aliphatic hydroxyl groups excluding tert-OH is 2. The summed E-state index contributed by atoms with van der Waals surface area (Å²) in [5.74, 6) is -7.89. The number of primary amides is 1. The molecule has 2 aromatic carbocycles. The van der Waals surface area contributed by atoms with Crippen molar-refractivity contribution in [1.82, 2.24) is 4.90 Å².